The number of carbonyl (C=O) groups is 10. The average molecular weight is 1180 g/mol. The summed E-state index contributed by atoms with van der Waals surface area (Å²) in [7, 11) is 4.10. The number of aliphatic carboxylic acids is 2. The summed E-state index contributed by atoms with van der Waals surface area (Å²) in [5.41, 5.74) is 0.0505. The molecule has 24 heteroatoms. The number of likely N-dealkylation sites (N-methyl/N-ethyl adjacent to an activating group) is 2. The summed E-state index contributed by atoms with van der Waals surface area (Å²) < 4.78 is 9.52. The summed E-state index contributed by atoms with van der Waals surface area (Å²) in [6, 6.07) is 13.4. The quantitative estimate of drug-likeness (QED) is 0.0979. The van der Waals surface area contributed by atoms with E-state index < -0.39 is 48.2 Å². The smallest absolute Gasteiger partial charge is 0.349 e. The zero-order valence-corrected chi connectivity index (χ0v) is 50.1. The Hall–Kier alpha value is -6.24. The molecule has 4 atom stereocenters. The van der Waals surface area contributed by atoms with Crippen LogP contribution in [-0.4, -0.2) is 226 Å². The van der Waals surface area contributed by atoms with E-state index in [1.807, 2.05) is 23.9 Å². The molecule has 2 aromatic carbocycles. The van der Waals surface area contributed by atoms with Gasteiger partial charge in [0.15, 0.2) is 10.2 Å². The Kier molecular flexibility index (Phi) is 30.3. The summed E-state index contributed by atoms with van der Waals surface area (Å²) in [6.07, 6.45) is 7.69. The van der Waals surface area contributed by atoms with E-state index in [0.29, 0.717) is 75.7 Å². The van der Waals surface area contributed by atoms with Crippen LogP contribution in [0.1, 0.15) is 113 Å². The number of ether oxygens (including phenoxy) is 2. The summed E-state index contributed by atoms with van der Waals surface area (Å²) in [6.45, 7) is 15.3. The lowest BCUT2D eigenvalue weighted by Gasteiger charge is -2.34. The van der Waals surface area contributed by atoms with Gasteiger partial charge in [0.1, 0.15) is 12.1 Å². The molecule has 0 unspecified atom stereocenters. The van der Waals surface area contributed by atoms with Gasteiger partial charge in [-0.3, -0.25) is 19.2 Å². The molecule has 4 fully saturated rings. The first-order valence-electron chi connectivity index (χ1n) is 28.4. The molecule has 0 bridgehead atoms. The molecule has 2 aromatic rings. The van der Waals surface area contributed by atoms with Crippen molar-refractivity contribution in [3.05, 3.63) is 71.8 Å². The Bertz CT molecular complexity index is 2220. The first kappa shape index (κ1) is 68.3. The molecule has 82 heavy (non-hydrogen) atoms. The van der Waals surface area contributed by atoms with Gasteiger partial charge in [-0.05, 0) is 76.9 Å². The minimum Gasteiger partial charge on any atom is -0.478 e. The zero-order chi connectivity index (χ0) is 60.1. The summed E-state index contributed by atoms with van der Waals surface area (Å²) in [5, 5.41) is 24.4. The number of amides is 6. The van der Waals surface area contributed by atoms with Gasteiger partial charge in [0.05, 0.1) is 11.1 Å². The van der Waals surface area contributed by atoms with E-state index in [-0.39, 0.29) is 45.2 Å². The van der Waals surface area contributed by atoms with Crippen LogP contribution in [0.2, 0.25) is 0 Å². The number of piperazine rings is 2. The van der Waals surface area contributed by atoms with Gasteiger partial charge >= 0.3 is 35.9 Å². The Labute approximate surface area is 491 Å². The van der Waals surface area contributed by atoms with Crippen molar-refractivity contribution in [3.63, 3.8) is 0 Å². The minimum atomic E-state index is -2.21. The minimum absolute atomic E-state index is 0.0182. The maximum Gasteiger partial charge on any atom is 0.349 e. The number of carboxylic acids is 2. The molecule has 2 saturated carbocycles. The first-order chi connectivity index (χ1) is 39.1. The number of carboxylic acid groups (broad SMARTS) is 2. The van der Waals surface area contributed by atoms with Gasteiger partial charge in [-0.2, -0.15) is 0 Å². The standard InChI is InChI=1S/2C20H36N4O3S.C18H14O8/c2*1-16(19(26)23-12-10-22(3)11-13-23)21-20(27)24(14-15-28-17(2)25)9-8-18-6-4-5-7-18;19-15(20)13(25-17(23)11-7-3-1-4-8-11)14(16(21)22)26-18(24)12-9-5-2-6-10-12/h2*16,18H,4-15H2,1-3H3,(H,21,27);1-10,13-14H,(H,19,20)(H,21,22)/t2*16-;13-,14-/m001/s1. The molecular weight excluding hydrogens is 1100 g/mol. The van der Waals surface area contributed by atoms with Crippen LogP contribution in [0.15, 0.2) is 60.7 Å². The number of nitrogens with one attached hydrogen (secondary N) is 2. The molecular formula is C58H86N8O14S2. The Morgan fingerprint density at radius 1 is 0.524 bits per heavy atom. The lowest BCUT2D eigenvalue weighted by atomic mass is 10.0. The van der Waals surface area contributed by atoms with Crippen molar-refractivity contribution in [1.29, 1.82) is 0 Å². The van der Waals surface area contributed by atoms with Gasteiger partial charge in [0.25, 0.3) is 0 Å². The van der Waals surface area contributed by atoms with Crippen LogP contribution in [0.25, 0.3) is 0 Å². The number of esters is 2. The third-order valence-corrected chi connectivity index (χ3v) is 16.4. The second kappa shape index (κ2) is 36.4. The summed E-state index contributed by atoms with van der Waals surface area (Å²) in [5.74, 6) is -3.10. The average Bonchev–Trinajstić information content (AvgIpc) is 4.24. The molecule has 0 aromatic heterocycles. The third-order valence-electron chi connectivity index (χ3n) is 14.8. The number of nitrogens with zero attached hydrogens (tertiary/aromatic N) is 6. The summed E-state index contributed by atoms with van der Waals surface area (Å²) in [4.78, 5) is 132. The molecule has 6 rings (SSSR count). The molecule has 0 radical (unpaired) electrons. The van der Waals surface area contributed by atoms with Gasteiger partial charge in [-0.15, -0.1) is 0 Å². The highest BCUT2D eigenvalue weighted by Crippen LogP contribution is 2.29. The maximum absolute atomic E-state index is 12.8. The molecule has 0 spiro atoms. The van der Waals surface area contributed by atoms with Gasteiger partial charge in [-0.25, -0.2) is 28.8 Å². The highest BCUT2D eigenvalue weighted by Gasteiger charge is 2.41. The highest BCUT2D eigenvalue weighted by molar-refractivity contribution is 8.13. The number of benzene rings is 2. The van der Waals surface area contributed by atoms with Crippen molar-refractivity contribution in [1.82, 2.24) is 40.0 Å². The lowest BCUT2D eigenvalue weighted by Crippen LogP contribution is -2.55. The maximum atomic E-state index is 12.8. The van der Waals surface area contributed by atoms with E-state index in [2.05, 4.69) is 20.4 Å². The predicted molar refractivity (Wildman–Crippen MR) is 313 cm³/mol. The van der Waals surface area contributed by atoms with Gasteiger partial charge in [0, 0.05) is 104 Å². The first-order valence-corrected chi connectivity index (χ1v) is 30.4. The van der Waals surface area contributed by atoms with Crippen LogP contribution in [-0.2, 0) is 38.2 Å². The van der Waals surface area contributed by atoms with Crippen LogP contribution < -0.4 is 10.6 Å². The van der Waals surface area contributed by atoms with E-state index in [4.69, 9.17) is 9.47 Å². The fourth-order valence-electron chi connectivity index (χ4n) is 9.78. The van der Waals surface area contributed by atoms with Gasteiger partial charge in [0.2, 0.25) is 24.0 Å². The predicted octanol–water partition coefficient (Wildman–Crippen LogP) is 5.65. The number of thioether (sulfide) groups is 2. The van der Waals surface area contributed by atoms with Crippen molar-refractivity contribution in [2.45, 2.75) is 116 Å². The Balaban J connectivity index is 0.000000265. The van der Waals surface area contributed by atoms with E-state index in [1.165, 1.54) is 123 Å². The van der Waals surface area contributed by atoms with Gasteiger partial charge in [-0.1, -0.05) is 111 Å². The van der Waals surface area contributed by atoms with Gasteiger partial charge < -0.3 is 59.7 Å². The molecule has 2 aliphatic carbocycles. The molecule has 4 N–H and O–H groups in total. The normalized spacial score (nSPS) is 17.2. The van der Waals surface area contributed by atoms with Crippen LogP contribution in [0.3, 0.4) is 0 Å². The van der Waals surface area contributed by atoms with E-state index >= 15 is 0 Å². The SMILES string of the molecule is CC(=O)SCCN(CCC1CCCC1)C(=O)N[C@@H](C)C(=O)N1CCN(C)CC1.CC(=O)SCCN(CCC1CCCC1)C(=O)N[C@@H](C)C(=O)N1CCN(C)CC1.O=C(O[C@@H](C(=O)O)[C@@H](OC(=O)c1ccccc1)C(=O)O)c1ccccc1. The second-order valence-corrected chi connectivity index (χ2v) is 23.7. The van der Waals surface area contributed by atoms with E-state index in [0.717, 1.165) is 39.0 Å². The zero-order valence-electron chi connectivity index (χ0n) is 48.5. The molecule has 454 valence electrons. The lowest BCUT2D eigenvalue weighted by molar-refractivity contribution is -0.166. The van der Waals surface area contributed by atoms with Crippen molar-refractivity contribution in [3.8, 4) is 0 Å². The fraction of sp³-hybridized carbons (Fsp3) is 0.621. The molecule has 2 aliphatic heterocycles. The molecule has 2 heterocycles. The Morgan fingerprint density at radius 2 is 0.841 bits per heavy atom. The molecule has 4 aliphatic rings. The number of carbonyl (C=O) groups excluding carboxylic acids is 8. The monoisotopic (exact) mass is 1180 g/mol. The number of urea groups is 2. The Morgan fingerprint density at radius 3 is 1.13 bits per heavy atom. The highest BCUT2D eigenvalue weighted by atomic mass is 32.2. The molecule has 6 amide bonds. The van der Waals surface area contributed by atoms with Crippen molar-refractivity contribution >= 4 is 81.5 Å². The number of rotatable bonds is 23. The van der Waals surface area contributed by atoms with Crippen molar-refractivity contribution in [2.75, 3.05) is 104 Å². The topological polar surface area (TPSA) is 273 Å². The van der Waals surface area contributed by atoms with Crippen LogP contribution in [0.5, 0.6) is 0 Å². The molecule has 2 saturated heterocycles. The van der Waals surface area contributed by atoms with Crippen LogP contribution >= 0.6 is 23.5 Å². The second-order valence-electron chi connectivity index (χ2n) is 21.2. The van der Waals surface area contributed by atoms with Crippen LogP contribution in [0, 0.1) is 11.8 Å². The van der Waals surface area contributed by atoms with Crippen LogP contribution in [0.4, 0.5) is 9.59 Å². The van der Waals surface area contributed by atoms with E-state index in [1.54, 1.807) is 49.6 Å². The molecule has 22 nitrogen and oxygen atoms in total. The fourth-order valence-corrected chi connectivity index (χ4v) is 11.0. The van der Waals surface area contributed by atoms with Crippen molar-refractivity contribution in [2.24, 2.45) is 11.8 Å². The largest absolute Gasteiger partial charge is 0.478 e. The third kappa shape index (κ3) is 24.7. The number of hydrogen-bond donors (Lipinski definition) is 4. The summed E-state index contributed by atoms with van der Waals surface area (Å²) >= 11 is 2.49. The number of hydrogen-bond acceptors (Lipinski definition) is 16. The van der Waals surface area contributed by atoms with E-state index in [9.17, 15) is 58.2 Å². The van der Waals surface area contributed by atoms with Crippen molar-refractivity contribution < 1.29 is 67.6 Å².